The van der Waals surface area contributed by atoms with Crippen LogP contribution >= 0.6 is 0 Å². The fourth-order valence-corrected chi connectivity index (χ4v) is 2.65. The minimum Gasteiger partial charge on any atom is -0.316 e. The molecule has 1 unspecified atom stereocenters. The van der Waals surface area contributed by atoms with Gasteiger partial charge in [0.1, 0.15) is 5.82 Å². The first-order chi connectivity index (χ1) is 10.2. The molecule has 110 valence electrons. The third kappa shape index (κ3) is 2.57. The van der Waals surface area contributed by atoms with E-state index in [0.29, 0.717) is 11.5 Å². The summed E-state index contributed by atoms with van der Waals surface area (Å²) in [5.41, 5.74) is 0.0351. The minimum atomic E-state index is -0.476. The molecule has 2 aromatic rings. The Morgan fingerprint density at radius 2 is 2.29 bits per heavy atom. The average Bonchev–Trinajstić information content (AvgIpc) is 2.90. The molecule has 0 aliphatic carbocycles. The Bertz CT molecular complexity index is 715. The molecular formula is C13H15N5O3. The van der Waals surface area contributed by atoms with E-state index in [1.807, 2.05) is 0 Å². The lowest BCUT2D eigenvalue weighted by Gasteiger charge is -2.22. The molecule has 1 aromatic heterocycles. The van der Waals surface area contributed by atoms with Gasteiger partial charge in [-0.2, -0.15) is 5.10 Å². The van der Waals surface area contributed by atoms with Gasteiger partial charge in [0, 0.05) is 24.6 Å². The van der Waals surface area contributed by atoms with Crippen LogP contribution < -0.4 is 11.0 Å². The third-order valence-electron chi connectivity index (χ3n) is 3.66. The molecule has 2 N–H and O–H groups in total. The van der Waals surface area contributed by atoms with Gasteiger partial charge < -0.3 is 5.32 Å². The SMILES string of the molecule is O=c1[nH]nc(C2CCCNC2)n1-c1cccc([N+](=O)[O-])c1. The molecule has 0 bridgehead atoms. The Balaban J connectivity index is 2.05. The smallest absolute Gasteiger partial charge is 0.316 e. The monoisotopic (exact) mass is 289 g/mol. The highest BCUT2D eigenvalue weighted by atomic mass is 16.6. The molecule has 1 atom stereocenters. The number of aromatic amines is 1. The lowest BCUT2D eigenvalue weighted by molar-refractivity contribution is -0.384. The average molecular weight is 289 g/mol. The molecule has 0 radical (unpaired) electrons. The Hall–Kier alpha value is -2.48. The first kappa shape index (κ1) is 13.5. The summed E-state index contributed by atoms with van der Waals surface area (Å²) < 4.78 is 1.42. The van der Waals surface area contributed by atoms with Crippen LogP contribution in [-0.4, -0.2) is 32.8 Å². The van der Waals surface area contributed by atoms with Crippen molar-refractivity contribution in [2.75, 3.05) is 13.1 Å². The molecule has 0 amide bonds. The zero-order valence-corrected chi connectivity index (χ0v) is 11.3. The normalized spacial score (nSPS) is 18.6. The molecule has 8 nitrogen and oxygen atoms in total. The number of rotatable bonds is 3. The van der Waals surface area contributed by atoms with Crippen molar-refractivity contribution >= 4 is 5.69 Å². The molecule has 2 heterocycles. The molecule has 1 aliphatic rings. The molecule has 21 heavy (non-hydrogen) atoms. The molecule has 8 heteroatoms. The number of nitrogens with zero attached hydrogens (tertiary/aromatic N) is 3. The van der Waals surface area contributed by atoms with Crippen molar-refractivity contribution in [1.82, 2.24) is 20.1 Å². The number of piperidine rings is 1. The minimum absolute atomic E-state index is 0.0479. The number of hydrogen-bond donors (Lipinski definition) is 2. The number of nitro groups is 1. The van der Waals surface area contributed by atoms with E-state index in [2.05, 4.69) is 15.5 Å². The predicted molar refractivity (Wildman–Crippen MR) is 75.7 cm³/mol. The van der Waals surface area contributed by atoms with Crippen molar-refractivity contribution in [3.8, 4) is 5.69 Å². The highest BCUT2D eigenvalue weighted by molar-refractivity contribution is 5.43. The quantitative estimate of drug-likeness (QED) is 0.646. The van der Waals surface area contributed by atoms with Gasteiger partial charge in [-0.3, -0.25) is 10.1 Å². The van der Waals surface area contributed by atoms with Crippen molar-refractivity contribution in [1.29, 1.82) is 0 Å². The zero-order valence-electron chi connectivity index (χ0n) is 11.3. The summed E-state index contributed by atoms with van der Waals surface area (Å²) in [7, 11) is 0. The van der Waals surface area contributed by atoms with Crippen LogP contribution in [0.4, 0.5) is 5.69 Å². The van der Waals surface area contributed by atoms with Crippen LogP contribution in [-0.2, 0) is 0 Å². The van der Waals surface area contributed by atoms with E-state index < -0.39 is 4.92 Å². The van der Waals surface area contributed by atoms with Crippen molar-refractivity contribution in [2.24, 2.45) is 0 Å². The highest BCUT2D eigenvalue weighted by Crippen LogP contribution is 2.23. The molecule has 1 saturated heterocycles. The maximum Gasteiger partial charge on any atom is 0.347 e. The predicted octanol–water partition coefficient (Wildman–Crippen LogP) is 0.936. The summed E-state index contributed by atoms with van der Waals surface area (Å²) in [4.78, 5) is 22.4. The Labute approximate surface area is 119 Å². The molecule has 0 saturated carbocycles. The number of non-ortho nitro benzene ring substituents is 1. The lowest BCUT2D eigenvalue weighted by Crippen LogP contribution is -2.31. The summed E-state index contributed by atoms with van der Waals surface area (Å²) in [6.07, 6.45) is 1.95. The topological polar surface area (TPSA) is 106 Å². The fraction of sp³-hybridized carbons (Fsp3) is 0.385. The summed E-state index contributed by atoms with van der Waals surface area (Å²) in [5.74, 6) is 0.740. The van der Waals surface area contributed by atoms with Crippen LogP contribution in [0.1, 0.15) is 24.6 Å². The molecule has 0 spiro atoms. The number of nitrogens with one attached hydrogen (secondary N) is 2. The van der Waals surface area contributed by atoms with Crippen LogP contribution in [0.15, 0.2) is 29.1 Å². The van der Waals surface area contributed by atoms with E-state index >= 15 is 0 Å². The number of nitro benzene ring substituents is 1. The van der Waals surface area contributed by atoms with Gasteiger partial charge in [-0.1, -0.05) is 6.07 Å². The van der Waals surface area contributed by atoms with Crippen molar-refractivity contribution in [3.63, 3.8) is 0 Å². The number of hydrogen-bond acceptors (Lipinski definition) is 5. The second-order valence-corrected chi connectivity index (χ2v) is 5.04. The third-order valence-corrected chi connectivity index (χ3v) is 3.66. The number of H-pyrrole nitrogens is 1. The molecular weight excluding hydrogens is 274 g/mol. The van der Waals surface area contributed by atoms with E-state index in [9.17, 15) is 14.9 Å². The largest absolute Gasteiger partial charge is 0.347 e. The summed E-state index contributed by atoms with van der Waals surface area (Å²) in [5, 5.41) is 20.7. The van der Waals surface area contributed by atoms with Crippen LogP contribution in [0.5, 0.6) is 0 Å². The summed E-state index contributed by atoms with van der Waals surface area (Å²) in [6.45, 7) is 1.71. The molecule has 1 aromatic carbocycles. The molecule has 3 rings (SSSR count). The van der Waals surface area contributed by atoms with E-state index in [4.69, 9.17) is 0 Å². The second-order valence-electron chi connectivity index (χ2n) is 5.04. The maximum atomic E-state index is 12.0. The first-order valence-electron chi connectivity index (χ1n) is 6.79. The van der Waals surface area contributed by atoms with Gasteiger partial charge in [-0.25, -0.2) is 14.5 Å². The highest BCUT2D eigenvalue weighted by Gasteiger charge is 2.23. The van der Waals surface area contributed by atoms with Gasteiger partial charge in [0.25, 0.3) is 5.69 Å². The Morgan fingerprint density at radius 1 is 1.43 bits per heavy atom. The van der Waals surface area contributed by atoms with Gasteiger partial charge in [-0.05, 0) is 25.5 Å². The van der Waals surface area contributed by atoms with Crippen LogP contribution in [0.3, 0.4) is 0 Å². The van der Waals surface area contributed by atoms with Gasteiger partial charge in [0.05, 0.1) is 10.6 Å². The van der Waals surface area contributed by atoms with Gasteiger partial charge in [0.15, 0.2) is 0 Å². The van der Waals surface area contributed by atoms with Gasteiger partial charge in [-0.15, -0.1) is 0 Å². The van der Waals surface area contributed by atoms with E-state index in [0.717, 1.165) is 25.9 Å². The molecule has 1 aliphatic heterocycles. The van der Waals surface area contributed by atoms with E-state index in [1.54, 1.807) is 12.1 Å². The zero-order chi connectivity index (χ0) is 14.8. The number of benzene rings is 1. The summed E-state index contributed by atoms with van der Waals surface area (Å²) >= 11 is 0. The Kier molecular flexibility index (Phi) is 3.53. The summed E-state index contributed by atoms with van der Waals surface area (Å²) in [6, 6.07) is 6.02. The van der Waals surface area contributed by atoms with Crippen LogP contribution in [0.25, 0.3) is 5.69 Å². The first-order valence-corrected chi connectivity index (χ1v) is 6.79. The van der Waals surface area contributed by atoms with Crippen LogP contribution in [0, 0.1) is 10.1 Å². The lowest BCUT2D eigenvalue weighted by atomic mass is 9.99. The van der Waals surface area contributed by atoms with E-state index in [-0.39, 0.29) is 17.3 Å². The van der Waals surface area contributed by atoms with Crippen LogP contribution in [0.2, 0.25) is 0 Å². The fourth-order valence-electron chi connectivity index (χ4n) is 2.65. The standard InChI is InChI=1S/C13H15N5O3/c19-13-16-15-12(9-3-2-6-14-8-9)17(13)10-4-1-5-11(7-10)18(20)21/h1,4-5,7,9,14H,2-3,6,8H2,(H,16,19). The number of aromatic nitrogens is 3. The molecule has 1 fully saturated rings. The van der Waals surface area contributed by atoms with Crippen molar-refractivity contribution in [2.45, 2.75) is 18.8 Å². The Morgan fingerprint density at radius 3 is 3.00 bits per heavy atom. The van der Waals surface area contributed by atoms with Gasteiger partial charge in [0.2, 0.25) is 0 Å². The van der Waals surface area contributed by atoms with Crippen molar-refractivity contribution < 1.29 is 4.92 Å². The maximum absolute atomic E-state index is 12.0. The van der Waals surface area contributed by atoms with Crippen molar-refractivity contribution in [3.05, 3.63) is 50.7 Å². The van der Waals surface area contributed by atoms with Gasteiger partial charge >= 0.3 is 5.69 Å². The second kappa shape index (κ2) is 5.49. The van der Waals surface area contributed by atoms with E-state index in [1.165, 1.54) is 16.7 Å².